The smallest absolute Gasteiger partial charge is 0.277 e. The molecular formula is C20H19ClN4O2. The fourth-order valence-corrected chi connectivity index (χ4v) is 2.76. The van der Waals surface area contributed by atoms with Gasteiger partial charge in [-0.15, -0.1) is 0 Å². The zero-order valence-corrected chi connectivity index (χ0v) is 15.8. The third kappa shape index (κ3) is 4.54. The van der Waals surface area contributed by atoms with Crippen molar-refractivity contribution in [3.63, 3.8) is 0 Å². The van der Waals surface area contributed by atoms with E-state index in [0.29, 0.717) is 10.8 Å². The molecule has 1 heterocycles. The molecule has 0 bridgehead atoms. The molecule has 0 fully saturated rings. The maximum atomic E-state index is 11.9. The maximum Gasteiger partial charge on any atom is 0.277 e. The van der Waals surface area contributed by atoms with Crippen LogP contribution in [-0.2, 0) is 4.79 Å². The van der Waals surface area contributed by atoms with Gasteiger partial charge in [0.15, 0.2) is 6.61 Å². The largest absolute Gasteiger partial charge is 0.482 e. The van der Waals surface area contributed by atoms with Gasteiger partial charge in [0.05, 0.1) is 28.3 Å². The average Bonchev–Trinajstić information content (AvgIpc) is 2.96. The van der Waals surface area contributed by atoms with E-state index in [1.165, 1.54) is 0 Å². The number of hydrazone groups is 1. The van der Waals surface area contributed by atoms with Gasteiger partial charge in [0.1, 0.15) is 5.75 Å². The van der Waals surface area contributed by atoms with Gasteiger partial charge < -0.3 is 4.74 Å². The van der Waals surface area contributed by atoms with E-state index in [1.807, 2.05) is 48.9 Å². The molecule has 3 aromatic rings. The van der Waals surface area contributed by atoms with Crippen LogP contribution in [0.1, 0.15) is 17.0 Å². The van der Waals surface area contributed by atoms with Crippen molar-refractivity contribution < 1.29 is 9.53 Å². The lowest BCUT2D eigenvalue weighted by molar-refractivity contribution is -0.123. The first-order valence-electron chi connectivity index (χ1n) is 8.37. The summed E-state index contributed by atoms with van der Waals surface area (Å²) in [4.78, 5) is 11.9. The molecular weight excluding hydrogens is 364 g/mol. The van der Waals surface area contributed by atoms with Crippen LogP contribution in [0.4, 0.5) is 0 Å². The lowest BCUT2D eigenvalue weighted by Crippen LogP contribution is -2.24. The summed E-state index contributed by atoms with van der Waals surface area (Å²) in [6, 6.07) is 16.8. The molecule has 3 rings (SSSR count). The molecule has 0 spiro atoms. The van der Waals surface area contributed by atoms with Crippen LogP contribution in [0, 0.1) is 13.8 Å². The molecule has 0 aliphatic carbocycles. The first-order chi connectivity index (χ1) is 13.1. The summed E-state index contributed by atoms with van der Waals surface area (Å²) in [5.41, 5.74) is 6.03. The SMILES string of the molecule is Cc1nn(-c2ccccc2)c(C)c1/C=N/NC(=O)COc1ccccc1Cl. The first-order valence-corrected chi connectivity index (χ1v) is 8.75. The Morgan fingerprint density at radius 2 is 1.89 bits per heavy atom. The lowest BCUT2D eigenvalue weighted by Gasteiger charge is -2.06. The van der Waals surface area contributed by atoms with Crippen molar-refractivity contribution in [1.82, 2.24) is 15.2 Å². The molecule has 1 N–H and O–H groups in total. The number of rotatable bonds is 6. The summed E-state index contributed by atoms with van der Waals surface area (Å²) in [6.07, 6.45) is 1.59. The topological polar surface area (TPSA) is 68.5 Å². The minimum atomic E-state index is -0.378. The fraction of sp³-hybridized carbons (Fsp3) is 0.150. The highest BCUT2D eigenvalue weighted by atomic mass is 35.5. The third-order valence-corrected chi connectivity index (χ3v) is 4.24. The predicted octanol–water partition coefficient (Wildman–Crippen LogP) is 3.67. The number of hydrogen-bond acceptors (Lipinski definition) is 4. The number of aryl methyl sites for hydroxylation is 1. The number of amides is 1. The van der Waals surface area contributed by atoms with Crippen LogP contribution in [0.5, 0.6) is 5.75 Å². The van der Waals surface area contributed by atoms with E-state index >= 15 is 0 Å². The second-order valence-electron chi connectivity index (χ2n) is 5.84. The van der Waals surface area contributed by atoms with Crippen molar-refractivity contribution >= 4 is 23.7 Å². The molecule has 138 valence electrons. The van der Waals surface area contributed by atoms with Gasteiger partial charge in [0.2, 0.25) is 0 Å². The Labute approximate surface area is 162 Å². The Balaban J connectivity index is 1.62. The number of benzene rings is 2. The van der Waals surface area contributed by atoms with Gasteiger partial charge in [-0.3, -0.25) is 4.79 Å². The lowest BCUT2D eigenvalue weighted by atomic mass is 10.2. The number of nitrogens with zero attached hydrogens (tertiary/aromatic N) is 3. The van der Waals surface area contributed by atoms with E-state index < -0.39 is 0 Å². The summed E-state index contributed by atoms with van der Waals surface area (Å²) in [7, 11) is 0. The molecule has 27 heavy (non-hydrogen) atoms. The highest BCUT2D eigenvalue weighted by molar-refractivity contribution is 6.32. The van der Waals surface area contributed by atoms with Crippen LogP contribution in [0.25, 0.3) is 5.69 Å². The van der Waals surface area contributed by atoms with Crippen LogP contribution >= 0.6 is 11.6 Å². The second-order valence-corrected chi connectivity index (χ2v) is 6.25. The molecule has 6 nitrogen and oxygen atoms in total. The minimum Gasteiger partial charge on any atom is -0.482 e. The van der Waals surface area contributed by atoms with Crippen LogP contribution < -0.4 is 10.2 Å². The maximum absolute atomic E-state index is 11.9. The number of carbonyl (C=O) groups excluding carboxylic acids is 1. The van der Waals surface area contributed by atoms with Crippen molar-refractivity contribution in [2.75, 3.05) is 6.61 Å². The van der Waals surface area contributed by atoms with Gasteiger partial charge in [0.25, 0.3) is 5.91 Å². The minimum absolute atomic E-state index is 0.178. The van der Waals surface area contributed by atoms with E-state index in [9.17, 15) is 4.79 Å². The van der Waals surface area contributed by atoms with E-state index in [2.05, 4.69) is 15.6 Å². The Morgan fingerprint density at radius 3 is 2.63 bits per heavy atom. The Morgan fingerprint density at radius 1 is 1.19 bits per heavy atom. The van der Waals surface area contributed by atoms with Gasteiger partial charge in [-0.1, -0.05) is 41.9 Å². The summed E-state index contributed by atoms with van der Waals surface area (Å²) >= 11 is 5.98. The van der Waals surface area contributed by atoms with E-state index in [-0.39, 0.29) is 12.5 Å². The molecule has 0 saturated heterocycles. The molecule has 0 saturated carbocycles. The molecule has 0 radical (unpaired) electrons. The van der Waals surface area contributed by atoms with E-state index in [1.54, 1.807) is 30.5 Å². The van der Waals surface area contributed by atoms with Gasteiger partial charge in [-0.2, -0.15) is 10.2 Å². The molecule has 0 unspecified atom stereocenters. The highest BCUT2D eigenvalue weighted by Crippen LogP contribution is 2.22. The van der Waals surface area contributed by atoms with Crippen molar-refractivity contribution in [3.8, 4) is 11.4 Å². The number of hydrogen-bond donors (Lipinski definition) is 1. The predicted molar refractivity (Wildman–Crippen MR) is 106 cm³/mol. The first kappa shape index (κ1) is 18.7. The third-order valence-electron chi connectivity index (χ3n) is 3.93. The normalized spacial score (nSPS) is 10.9. The van der Waals surface area contributed by atoms with E-state index in [0.717, 1.165) is 22.6 Å². The second kappa shape index (κ2) is 8.51. The summed E-state index contributed by atoms with van der Waals surface area (Å²) in [5.74, 6) is 0.0750. The summed E-state index contributed by atoms with van der Waals surface area (Å²) in [6.45, 7) is 3.68. The number of halogens is 1. The molecule has 1 amide bonds. The highest BCUT2D eigenvalue weighted by Gasteiger charge is 2.11. The van der Waals surface area contributed by atoms with Gasteiger partial charge in [-0.25, -0.2) is 10.1 Å². The number of carbonyl (C=O) groups is 1. The van der Waals surface area contributed by atoms with Crippen LogP contribution in [0.15, 0.2) is 59.7 Å². The Kier molecular flexibility index (Phi) is 5.88. The molecule has 1 aromatic heterocycles. The van der Waals surface area contributed by atoms with Crippen molar-refractivity contribution in [2.45, 2.75) is 13.8 Å². The zero-order valence-electron chi connectivity index (χ0n) is 15.0. The number of nitrogens with one attached hydrogen (secondary N) is 1. The average molecular weight is 383 g/mol. The number of para-hydroxylation sites is 2. The molecule has 2 aromatic carbocycles. The molecule has 0 atom stereocenters. The van der Waals surface area contributed by atoms with E-state index in [4.69, 9.17) is 16.3 Å². The molecule has 0 aliphatic rings. The fourth-order valence-electron chi connectivity index (χ4n) is 2.57. The number of aromatic nitrogens is 2. The quantitative estimate of drug-likeness (QED) is 0.522. The standard InChI is InChI=1S/C20H19ClN4O2/c1-14-17(15(2)25(24-14)16-8-4-3-5-9-16)12-22-23-20(26)13-27-19-11-7-6-10-18(19)21/h3-12H,13H2,1-2H3,(H,23,26)/b22-12+. The van der Waals surface area contributed by atoms with Crippen molar-refractivity contribution in [2.24, 2.45) is 5.10 Å². The van der Waals surface area contributed by atoms with Crippen LogP contribution in [0.3, 0.4) is 0 Å². The van der Waals surface area contributed by atoms with Crippen LogP contribution in [-0.4, -0.2) is 28.5 Å². The Bertz CT molecular complexity index is 967. The summed E-state index contributed by atoms with van der Waals surface area (Å²) < 4.78 is 7.22. The van der Waals surface area contributed by atoms with Crippen LogP contribution in [0.2, 0.25) is 5.02 Å². The summed E-state index contributed by atoms with van der Waals surface area (Å²) in [5, 5.41) is 9.00. The van der Waals surface area contributed by atoms with Gasteiger partial charge in [-0.05, 0) is 38.1 Å². The Hall–Kier alpha value is -3.12. The molecule has 0 aliphatic heterocycles. The van der Waals surface area contributed by atoms with Crippen molar-refractivity contribution in [1.29, 1.82) is 0 Å². The van der Waals surface area contributed by atoms with Crippen molar-refractivity contribution in [3.05, 3.63) is 76.6 Å². The zero-order chi connectivity index (χ0) is 19.2. The van der Waals surface area contributed by atoms with Gasteiger partial charge in [0, 0.05) is 5.56 Å². The van der Waals surface area contributed by atoms with Gasteiger partial charge >= 0.3 is 0 Å². The number of ether oxygens (including phenoxy) is 1. The monoisotopic (exact) mass is 382 g/mol. The molecule has 7 heteroatoms.